The van der Waals surface area contributed by atoms with Gasteiger partial charge in [0, 0.05) is 10.6 Å². The van der Waals surface area contributed by atoms with Crippen LogP contribution in [-0.4, -0.2) is 24.4 Å². The van der Waals surface area contributed by atoms with Crippen molar-refractivity contribution in [3.8, 4) is 11.5 Å². The van der Waals surface area contributed by atoms with E-state index in [1.165, 1.54) is 5.56 Å². The van der Waals surface area contributed by atoms with Crippen molar-refractivity contribution in [2.24, 2.45) is 0 Å². The molecule has 0 saturated carbocycles. The smallest absolute Gasteiger partial charge is 0.290 e. The molecular formula is C19H16ClNO4S. The zero-order valence-electron chi connectivity index (χ0n) is 14.0. The van der Waals surface area contributed by atoms with Crippen LogP contribution < -0.4 is 14.8 Å². The summed E-state index contributed by atoms with van der Waals surface area (Å²) in [6, 6.07) is 12.9. The van der Waals surface area contributed by atoms with Crippen LogP contribution in [0.4, 0.5) is 4.79 Å². The summed E-state index contributed by atoms with van der Waals surface area (Å²) in [5, 5.41) is 2.34. The number of nitrogens with one attached hydrogen (secondary N) is 1. The number of ether oxygens (including phenoxy) is 2. The van der Waals surface area contributed by atoms with Crippen LogP contribution in [0.15, 0.2) is 47.4 Å². The molecule has 0 spiro atoms. The number of imide groups is 1. The van der Waals surface area contributed by atoms with E-state index in [-0.39, 0.29) is 0 Å². The first-order valence-electron chi connectivity index (χ1n) is 7.88. The van der Waals surface area contributed by atoms with Gasteiger partial charge in [-0.25, -0.2) is 0 Å². The first-order chi connectivity index (χ1) is 12.5. The molecule has 7 heteroatoms. The number of hydrogen-bond donors (Lipinski definition) is 1. The van der Waals surface area contributed by atoms with Crippen molar-refractivity contribution in [3.05, 3.63) is 63.5 Å². The SMILES string of the molecule is Cc1ccc(OCCOc2ccc(Cl)cc2/C=C2/SC(=O)NC2=O)cc1. The molecule has 0 unspecified atom stereocenters. The average Bonchev–Trinajstić information content (AvgIpc) is 2.92. The Morgan fingerprint density at radius 1 is 1.08 bits per heavy atom. The normalized spacial score (nSPS) is 15.2. The molecule has 0 aliphatic carbocycles. The largest absolute Gasteiger partial charge is 0.490 e. The Morgan fingerprint density at radius 3 is 2.50 bits per heavy atom. The molecule has 134 valence electrons. The summed E-state index contributed by atoms with van der Waals surface area (Å²) in [6.07, 6.45) is 1.59. The molecular weight excluding hydrogens is 374 g/mol. The van der Waals surface area contributed by atoms with Crippen LogP contribution >= 0.6 is 23.4 Å². The van der Waals surface area contributed by atoms with Gasteiger partial charge in [-0.3, -0.25) is 14.9 Å². The summed E-state index contributed by atoms with van der Waals surface area (Å²) < 4.78 is 11.4. The molecule has 1 aliphatic heterocycles. The summed E-state index contributed by atoms with van der Waals surface area (Å²) in [6.45, 7) is 2.71. The van der Waals surface area contributed by atoms with Crippen molar-refractivity contribution in [1.29, 1.82) is 0 Å². The predicted octanol–water partition coefficient (Wildman–Crippen LogP) is 4.43. The van der Waals surface area contributed by atoms with Crippen molar-refractivity contribution in [2.75, 3.05) is 13.2 Å². The van der Waals surface area contributed by atoms with Crippen LogP contribution in [0.5, 0.6) is 11.5 Å². The second kappa shape index (κ2) is 8.29. The zero-order chi connectivity index (χ0) is 18.5. The molecule has 1 aliphatic rings. The maximum Gasteiger partial charge on any atom is 0.290 e. The second-order valence-electron chi connectivity index (χ2n) is 5.54. The monoisotopic (exact) mass is 389 g/mol. The number of thioether (sulfide) groups is 1. The highest BCUT2D eigenvalue weighted by atomic mass is 35.5. The van der Waals surface area contributed by atoms with Crippen LogP contribution in [0.1, 0.15) is 11.1 Å². The van der Waals surface area contributed by atoms with E-state index in [0.717, 1.165) is 17.5 Å². The molecule has 26 heavy (non-hydrogen) atoms. The number of carbonyl (C=O) groups is 2. The van der Waals surface area contributed by atoms with E-state index < -0.39 is 11.1 Å². The number of benzene rings is 2. The van der Waals surface area contributed by atoms with Crippen LogP contribution in [0.2, 0.25) is 5.02 Å². The van der Waals surface area contributed by atoms with Gasteiger partial charge in [0.2, 0.25) is 0 Å². The molecule has 2 aromatic rings. The molecule has 5 nitrogen and oxygen atoms in total. The Kier molecular flexibility index (Phi) is 5.85. The molecule has 2 aromatic carbocycles. The lowest BCUT2D eigenvalue weighted by Crippen LogP contribution is -2.17. The fourth-order valence-electron chi connectivity index (χ4n) is 2.27. The zero-order valence-corrected chi connectivity index (χ0v) is 15.5. The number of rotatable bonds is 6. The standard InChI is InChI=1S/C19H16ClNO4S/c1-12-2-5-15(6-3-12)24-8-9-25-16-7-4-14(20)10-13(16)11-17-18(22)21-19(23)26-17/h2-7,10-11H,8-9H2,1H3,(H,21,22,23)/b17-11+. The van der Waals surface area contributed by atoms with Crippen molar-refractivity contribution < 1.29 is 19.1 Å². The topological polar surface area (TPSA) is 64.6 Å². The van der Waals surface area contributed by atoms with Gasteiger partial charge in [-0.2, -0.15) is 0 Å². The highest BCUT2D eigenvalue weighted by Crippen LogP contribution is 2.30. The summed E-state index contributed by atoms with van der Waals surface area (Å²) in [4.78, 5) is 23.3. The van der Waals surface area contributed by atoms with E-state index in [1.807, 2.05) is 31.2 Å². The molecule has 2 amide bonds. The molecule has 3 rings (SSSR count). The molecule has 1 N–H and O–H groups in total. The quantitative estimate of drug-likeness (QED) is 0.584. The molecule has 1 heterocycles. The number of amides is 2. The average molecular weight is 390 g/mol. The maximum absolute atomic E-state index is 11.7. The molecule has 0 aromatic heterocycles. The van der Waals surface area contributed by atoms with Gasteiger partial charge in [0.25, 0.3) is 11.1 Å². The lowest BCUT2D eigenvalue weighted by molar-refractivity contribution is -0.115. The minimum atomic E-state index is -0.423. The lowest BCUT2D eigenvalue weighted by atomic mass is 10.2. The molecule has 1 fully saturated rings. The fourth-order valence-corrected chi connectivity index (χ4v) is 3.13. The van der Waals surface area contributed by atoms with Crippen LogP contribution in [0.25, 0.3) is 6.08 Å². The van der Waals surface area contributed by atoms with Crippen molar-refractivity contribution in [2.45, 2.75) is 6.92 Å². The van der Waals surface area contributed by atoms with Gasteiger partial charge in [-0.15, -0.1) is 0 Å². The number of aryl methyl sites for hydroxylation is 1. The summed E-state index contributed by atoms with van der Waals surface area (Å²) in [5.41, 5.74) is 1.79. The maximum atomic E-state index is 11.7. The Balaban J connectivity index is 1.64. The third-order valence-electron chi connectivity index (χ3n) is 3.53. The highest BCUT2D eigenvalue weighted by Gasteiger charge is 2.25. The van der Waals surface area contributed by atoms with Crippen molar-refractivity contribution >= 4 is 40.6 Å². The van der Waals surface area contributed by atoms with Crippen LogP contribution in [0, 0.1) is 6.92 Å². The first-order valence-corrected chi connectivity index (χ1v) is 9.07. The minimum Gasteiger partial charge on any atom is -0.490 e. The van der Waals surface area contributed by atoms with Gasteiger partial charge < -0.3 is 9.47 Å². The Morgan fingerprint density at radius 2 is 1.81 bits per heavy atom. The van der Waals surface area contributed by atoms with Crippen molar-refractivity contribution in [1.82, 2.24) is 5.32 Å². The molecule has 0 radical (unpaired) electrons. The molecule has 0 bridgehead atoms. The predicted molar refractivity (Wildman–Crippen MR) is 103 cm³/mol. The van der Waals surface area contributed by atoms with E-state index in [2.05, 4.69) is 5.32 Å². The Hall–Kier alpha value is -2.44. The number of halogens is 1. The third kappa shape index (κ3) is 4.80. The number of hydrogen-bond acceptors (Lipinski definition) is 5. The van der Waals surface area contributed by atoms with E-state index in [1.54, 1.807) is 24.3 Å². The van der Waals surface area contributed by atoms with E-state index in [4.69, 9.17) is 21.1 Å². The van der Waals surface area contributed by atoms with Crippen molar-refractivity contribution in [3.63, 3.8) is 0 Å². The van der Waals surface area contributed by atoms with Gasteiger partial charge in [-0.1, -0.05) is 29.3 Å². The van der Waals surface area contributed by atoms with Gasteiger partial charge >= 0.3 is 0 Å². The van der Waals surface area contributed by atoms with E-state index >= 15 is 0 Å². The van der Waals surface area contributed by atoms with Gasteiger partial charge in [0.15, 0.2) is 0 Å². The highest BCUT2D eigenvalue weighted by molar-refractivity contribution is 8.18. The Labute approximate surface area is 160 Å². The molecule has 1 saturated heterocycles. The van der Waals surface area contributed by atoms with E-state index in [0.29, 0.717) is 34.5 Å². The van der Waals surface area contributed by atoms with Crippen LogP contribution in [0.3, 0.4) is 0 Å². The Bertz CT molecular complexity index is 864. The first kappa shape index (κ1) is 18.4. The van der Waals surface area contributed by atoms with E-state index in [9.17, 15) is 9.59 Å². The number of carbonyl (C=O) groups excluding carboxylic acids is 2. The van der Waals surface area contributed by atoms with Gasteiger partial charge in [0.1, 0.15) is 24.7 Å². The van der Waals surface area contributed by atoms with Crippen LogP contribution in [-0.2, 0) is 4.79 Å². The fraction of sp³-hybridized carbons (Fsp3) is 0.158. The minimum absolute atomic E-state index is 0.304. The molecule has 0 atom stereocenters. The van der Waals surface area contributed by atoms with Gasteiger partial charge in [0.05, 0.1) is 4.91 Å². The second-order valence-corrected chi connectivity index (χ2v) is 7.00. The summed E-state index contributed by atoms with van der Waals surface area (Å²) in [7, 11) is 0. The van der Waals surface area contributed by atoms with Gasteiger partial charge in [-0.05, 0) is 55.1 Å². The summed E-state index contributed by atoms with van der Waals surface area (Å²) >= 11 is 6.89. The summed E-state index contributed by atoms with van der Waals surface area (Å²) in [5.74, 6) is 0.908. The third-order valence-corrected chi connectivity index (χ3v) is 4.58. The lowest BCUT2D eigenvalue weighted by Gasteiger charge is -2.11.